The number of carbonyl (C=O) groups excluding carboxylic acids is 1. The van der Waals surface area contributed by atoms with Gasteiger partial charge >= 0.3 is 0 Å². The molecule has 0 atom stereocenters. The van der Waals surface area contributed by atoms with Crippen molar-refractivity contribution >= 4 is 11.6 Å². The van der Waals surface area contributed by atoms with Gasteiger partial charge in [0.25, 0.3) is 5.91 Å². The van der Waals surface area contributed by atoms with Crippen molar-refractivity contribution in [1.82, 2.24) is 4.90 Å². The van der Waals surface area contributed by atoms with E-state index in [1.54, 1.807) is 4.90 Å². The predicted octanol–water partition coefficient (Wildman–Crippen LogP) is 3.89. The summed E-state index contributed by atoms with van der Waals surface area (Å²) in [5.41, 5.74) is 3.28. The molecule has 4 rings (SSSR count). The molecule has 1 fully saturated rings. The Morgan fingerprint density at radius 3 is 1.83 bits per heavy atom. The van der Waals surface area contributed by atoms with Crippen LogP contribution in [0.3, 0.4) is 0 Å². The van der Waals surface area contributed by atoms with Gasteiger partial charge in [0.05, 0.1) is 0 Å². The number of rotatable bonds is 4. The Morgan fingerprint density at radius 2 is 1.30 bits per heavy atom. The number of carbonyl (C=O) groups is 1. The van der Waals surface area contributed by atoms with E-state index in [9.17, 15) is 9.90 Å². The maximum Gasteiger partial charge on any atom is 0.264 e. The molecule has 0 aromatic heterocycles. The normalized spacial score (nSPS) is 14.6. The third kappa shape index (κ3) is 3.59. The largest absolute Gasteiger partial charge is 0.372 e. The summed E-state index contributed by atoms with van der Waals surface area (Å²) < 4.78 is 0. The molecule has 0 bridgehead atoms. The zero-order valence-electron chi connectivity index (χ0n) is 17.6. The van der Waals surface area contributed by atoms with Gasteiger partial charge in [0, 0.05) is 31.9 Å². The third-order valence-corrected chi connectivity index (χ3v) is 6.18. The predicted molar refractivity (Wildman–Crippen MR) is 121 cm³/mol. The minimum Gasteiger partial charge on any atom is -0.372 e. The van der Waals surface area contributed by atoms with Gasteiger partial charge in [0.1, 0.15) is 0 Å². The zero-order valence-corrected chi connectivity index (χ0v) is 17.6. The van der Waals surface area contributed by atoms with Crippen molar-refractivity contribution in [2.45, 2.75) is 19.4 Å². The van der Waals surface area contributed by atoms with Crippen LogP contribution in [0.2, 0.25) is 0 Å². The molecule has 0 aliphatic carbocycles. The fraction of sp³-hybridized carbons (Fsp3) is 0.269. The first-order chi connectivity index (χ1) is 14.5. The number of nitrogens with zero attached hydrogens (tertiary/aromatic N) is 2. The lowest BCUT2D eigenvalue weighted by Crippen LogP contribution is -2.55. The van der Waals surface area contributed by atoms with Crippen molar-refractivity contribution in [3.05, 3.63) is 101 Å². The molecule has 1 N–H and O–H groups in total. The first-order valence-electron chi connectivity index (χ1n) is 10.5. The van der Waals surface area contributed by atoms with Crippen LogP contribution < -0.4 is 4.90 Å². The van der Waals surface area contributed by atoms with Crippen LogP contribution in [0.5, 0.6) is 0 Å². The van der Waals surface area contributed by atoms with Crippen molar-refractivity contribution < 1.29 is 9.90 Å². The van der Waals surface area contributed by atoms with Gasteiger partial charge in [-0.15, -0.1) is 0 Å². The highest BCUT2D eigenvalue weighted by Gasteiger charge is 2.43. The van der Waals surface area contributed by atoms with Crippen LogP contribution in [0.15, 0.2) is 78.9 Å². The Hall–Kier alpha value is -3.11. The van der Waals surface area contributed by atoms with E-state index < -0.39 is 5.60 Å². The SMILES string of the molecule is Cc1cccc(N2CCN(C(=O)C(O)(c3ccccc3)c3ccccc3)CC2)c1C. The third-order valence-electron chi connectivity index (χ3n) is 6.18. The molecule has 154 valence electrons. The number of anilines is 1. The Labute approximate surface area is 178 Å². The van der Waals surface area contributed by atoms with E-state index in [4.69, 9.17) is 0 Å². The molecule has 1 aliphatic heterocycles. The van der Waals surface area contributed by atoms with Gasteiger partial charge < -0.3 is 14.9 Å². The van der Waals surface area contributed by atoms with Crippen LogP contribution in [-0.4, -0.2) is 42.1 Å². The maximum absolute atomic E-state index is 13.6. The molecule has 0 radical (unpaired) electrons. The quantitative estimate of drug-likeness (QED) is 0.723. The number of aliphatic hydroxyl groups is 1. The molecule has 1 amide bonds. The minimum atomic E-state index is -1.69. The van der Waals surface area contributed by atoms with Gasteiger partial charge in [0.15, 0.2) is 5.60 Å². The molecule has 4 heteroatoms. The van der Waals surface area contributed by atoms with Gasteiger partial charge in [-0.05, 0) is 42.2 Å². The molecule has 1 heterocycles. The molecule has 1 aliphatic rings. The van der Waals surface area contributed by atoms with Crippen molar-refractivity contribution in [2.24, 2.45) is 0 Å². The number of amides is 1. The van der Waals surface area contributed by atoms with Crippen LogP contribution in [0.1, 0.15) is 22.3 Å². The Bertz CT molecular complexity index is 970. The summed E-state index contributed by atoms with van der Waals surface area (Å²) in [5, 5.41) is 11.7. The van der Waals surface area contributed by atoms with Crippen LogP contribution in [0, 0.1) is 13.8 Å². The van der Waals surface area contributed by atoms with Gasteiger partial charge in [-0.1, -0.05) is 72.8 Å². The van der Waals surface area contributed by atoms with E-state index in [0.717, 1.165) is 13.1 Å². The minimum absolute atomic E-state index is 0.263. The van der Waals surface area contributed by atoms with Gasteiger partial charge in [-0.2, -0.15) is 0 Å². The number of hydrogen-bond donors (Lipinski definition) is 1. The Balaban J connectivity index is 1.59. The summed E-state index contributed by atoms with van der Waals surface area (Å²) in [5.74, 6) is -0.263. The fourth-order valence-corrected chi connectivity index (χ4v) is 4.23. The maximum atomic E-state index is 13.6. The second-order valence-corrected chi connectivity index (χ2v) is 7.94. The lowest BCUT2D eigenvalue weighted by atomic mass is 9.85. The van der Waals surface area contributed by atoms with Crippen LogP contribution in [0.4, 0.5) is 5.69 Å². The average molecular weight is 401 g/mol. The number of aryl methyl sites for hydroxylation is 1. The summed E-state index contributed by atoms with van der Waals surface area (Å²) in [6, 6.07) is 24.8. The summed E-state index contributed by atoms with van der Waals surface area (Å²) in [6.45, 7) is 6.91. The standard InChI is InChI=1S/C26H28N2O2/c1-20-10-9-15-24(21(20)2)27-16-18-28(19-17-27)25(29)26(30,22-11-5-3-6-12-22)23-13-7-4-8-14-23/h3-15,30H,16-19H2,1-2H3. The lowest BCUT2D eigenvalue weighted by Gasteiger charge is -2.40. The second-order valence-electron chi connectivity index (χ2n) is 7.94. The Morgan fingerprint density at radius 1 is 0.767 bits per heavy atom. The molecule has 0 saturated carbocycles. The van der Waals surface area contributed by atoms with Crippen LogP contribution in [0.25, 0.3) is 0 Å². The monoisotopic (exact) mass is 400 g/mol. The van der Waals surface area contributed by atoms with E-state index in [-0.39, 0.29) is 5.91 Å². The lowest BCUT2D eigenvalue weighted by molar-refractivity contribution is -0.148. The van der Waals surface area contributed by atoms with Gasteiger partial charge in [-0.25, -0.2) is 0 Å². The molecular weight excluding hydrogens is 372 g/mol. The molecular formula is C26H28N2O2. The van der Waals surface area contributed by atoms with Gasteiger partial charge in [-0.3, -0.25) is 4.79 Å². The Kier molecular flexibility index (Phi) is 5.60. The smallest absolute Gasteiger partial charge is 0.264 e. The summed E-state index contributed by atoms with van der Waals surface area (Å²) in [7, 11) is 0. The highest BCUT2D eigenvalue weighted by molar-refractivity contribution is 5.90. The first kappa shape index (κ1) is 20.2. The zero-order chi connectivity index (χ0) is 21.1. The van der Waals surface area contributed by atoms with Crippen molar-refractivity contribution in [2.75, 3.05) is 31.1 Å². The summed E-state index contributed by atoms with van der Waals surface area (Å²) >= 11 is 0. The van der Waals surface area contributed by atoms with E-state index in [1.165, 1.54) is 16.8 Å². The topological polar surface area (TPSA) is 43.8 Å². The second kappa shape index (κ2) is 8.33. The first-order valence-corrected chi connectivity index (χ1v) is 10.5. The number of benzene rings is 3. The molecule has 3 aromatic carbocycles. The van der Waals surface area contributed by atoms with Gasteiger partial charge in [0.2, 0.25) is 0 Å². The molecule has 3 aromatic rings. The van der Waals surface area contributed by atoms with Crippen LogP contribution >= 0.6 is 0 Å². The van der Waals surface area contributed by atoms with E-state index >= 15 is 0 Å². The van der Waals surface area contributed by atoms with E-state index in [2.05, 4.69) is 36.9 Å². The average Bonchev–Trinajstić information content (AvgIpc) is 2.81. The number of piperazine rings is 1. The fourth-order valence-electron chi connectivity index (χ4n) is 4.23. The molecule has 30 heavy (non-hydrogen) atoms. The summed E-state index contributed by atoms with van der Waals surface area (Å²) in [6.07, 6.45) is 0. The van der Waals surface area contributed by atoms with Crippen molar-refractivity contribution in [3.63, 3.8) is 0 Å². The van der Waals surface area contributed by atoms with E-state index in [0.29, 0.717) is 24.2 Å². The highest BCUT2D eigenvalue weighted by Crippen LogP contribution is 2.32. The van der Waals surface area contributed by atoms with Crippen molar-refractivity contribution in [1.29, 1.82) is 0 Å². The molecule has 0 spiro atoms. The van der Waals surface area contributed by atoms with Crippen molar-refractivity contribution in [3.8, 4) is 0 Å². The highest BCUT2D eigenvalue weighted by atomic mass is 16.3. The van der Waals surface area contributed by atoms with Crippen LogP contribution in [-0.2, 0) is 10.4 Å². The van der Waals surface area contributed by atoms with E-state index in [1.807, 2.05) is 60.7 Å². The molecule has 4 nitrogen and oxygen atoms in total. The summed E-state index contributed by atoms with van der Waals surface area (Å²) in [4.78, 5) is 17.8. The number of hydrogen-bond acceptors (Lipinski definition) is 3. The molecule has 1 saturated heterocycles. The molecule has 0 unspecified atom stereocenters.